The Labute approximate surface area is 203 Å². The zero-order valence-corrected chi connectivity index (χ0v) is 20.0. The summed E-state index contributed by atoms with van der Waals surface area (Å²) in [4.78, 5) is 17.1. The molecule has 34 heavy (non-hydrogen) atoms. The highest BCUT2D eigenvalue weighted by Crippen LogP contribution is 2.30. The largest absolute Gasteiger partial charge is 0.350 e. The van der Waals surface area contributed by atoms with Gasteiger partial charge in [-0.25, -0.2) is 13.4 Å². The summed E-state index contributed by atoms with van der Waals surface area (Å²) in [7, 11) is -4.01. The van der Waals surface area contributed by atoms with Gasteiger partial charge < -0.3 is 9.88 Å². The molecule has 0 aliphatic carbocycles. The second-order valence-corrected chi connectivity index (χ2v) is 9.83. The number of imidazole rings is 1. The molecule has 4 aromatic rings. The first-order chi connectivity index (χ1) is 16.4. The van der Waals surface area contributed by atoms with Gasteiger partial charge in [0, 0.05) is 24.6 Å². The summed E-state index contributed by atoms with van der Waals surface area (Å²) in [5, 5.41) is 3.04. The molecule has 1 aromatic heterocycles. The number of amides is 1. The van der Waals surface area contributed by atoms with Gasteiger partial charge in [-0.15, -0.1) is 0 Å². The van der Waals surface area contributed by atoms with E-state index in [4.69, 9.17) is 11.6 Å². The van der Waals surface area contributed by atoms with Gasteiger partial charge in [-0.1, -0.05) is 54.1 Å². The lowest BCUT2D eigenvalue weighted by Gasteiger charge is -2.25. The first-order valence-corrected chi connectivity index (χ1v) is 12.4. The van der Waals surface area contributed by atoms with Crippen LogP contribution in [0.5, 0.6) is 0 Å². The van der Waals surface area contributed by atoms with Crippen LogP contribution in [0.25, 0.3) is 5.69 Å². The Balaban J connectivity index is 1.50. The number of rotatable bonds is 8. The lowest BCUT2D eigenvalue weighted by atomic mass is 10.2. The summed E-state index contributed by atoms with van der Waals surface area (Å²) in [6.45, 7) is 1.76. The fourth-order valence-corrected chi connectivity index (χ4v) is 5.23. The van der Waals surface area contributed by atoms with Crippen LogP contribution in [0.4, 0.5) is 5.69 Å². The zero-order valence-electron chi connectivity index (χ0n) is 18.4. The molecule has 0 bridgehead atoms. The number of aromatic nitrogens is 2. The van der Waals surface area contributed by atoms with Crippen molar-refractivity contribution in [3.63, 3.8) is 0 Å². The van der Waals surface area contributed by atoms with Gasteiger partial charge >= 0.3 is 0 Å². The molecule has 0 aliphatic rings. The van der Waals surface area contributed by atoms with Crippen LogP contribution in [0.15, 0.2) is 96.2 Å². The van der Waals surface area contributed by atoms with Crippen LogP contribution in [-0.2, 0) is 21.4 Å². The van der Waals surface area contributed by atoms with E-state index in [0.717, 1.165) is 21.4 Å². The van der Waals surface area contributed by atoms with Crippen LogP contribution in [-0.4, -0.2) is 30.4 Å². The average Bonchev–Trinajstić information content (AvgIpc) is 3.28. The third-order valence-electron chi connectivity index (χ3n) is 5.27. The lowest BCUT2D eigenvalue weighted by molar-refractivity contribution is -0.119. The van der Waals surface area contributed by atoms with Crippen LogP contribution in [0.2, 0.25) is 5.02 Å². The smallest absolute Gasteiger partial charge is 0.264 e. The van der Waals surface area contributed by atoms with Gasteiger partial charge in [-0.05, 0) is 48.9 Å². The van der Waals surface area contributed by atoms with Gasteiger partial charge in [0.1, 0.15) is 12.4 Å². The molecule has 4 rings (SSSR count). The normalized spacial score (nSPS) is 11.2. The minimum Gasteiger partial charge on any atom is -0.350 e. The number of anilines is 1. The van der Waals surface area contributed by atoms with Crippen LogP contribution < -0.4 is 9.62 Å². The minimum absolute atomic E-state index is 0.0769. The second-order valence-electron chi connectivity index (χ2n) is 7.56. The van der Waals surface area contributed by atoms with Crippen LogP contribution in [0.3, 0.4) is 0 Å². The number of nitrogens with one attached hydrogen (secondary N) is 1. The number of nitrogens with zero attached hydrogens (tertiary/aromatic N) is 3. The van der Waals surface area contributed by atoms with E-state index < -0.39 is 22.5 Å². The van der Waals surface area contributed by atoms with Crippen molar-refractivity contribution < 1.29 is 13.2 Å². The van der Waals surface area contributed by atoms with Crippen molar-refractivity contribution in [3.05, 3.63) is 108 Å². The predicted molar refractivity (Wildman–Crippen MR) is 133 cm³/mol. The summed E-state index contributed by atoms with van der Waals surface area (Å²) in [5.41, 5.74) is 2.08. The Morgan fingerprint density at radius 3 is 2.32 bits per heavy atom. The number of hydrogen-bond acceptors (Lipinski definition) is 4. The number of hydrogen-bond donors (Lipinski definition) is 1. The van der Waals surface area contributed by atoms with E-state index in [0.29, 0.717) is 0 Å². The monoisotopic (exact) mass is 494 g/mol. The van der Waals surface area contributed by atoms with E-state index in [-0.39, 0.29) is 22.2 Å². The molecule has 1 N–H and O–H groups in total. The van der Waals surface area contributed by atoms with E-state index in [1.807, 2.05) is 42.0 Å². The fraction of sp³-hybridized carbons (Fsp3) is 0.120. The van der Waals surface area contributed by atoms with Crippen molar-refractivity contribution in [2.75, 3.05) is 10.8 Å². The third kappa shape index (κ3) is 5.13. The van der Waals surface area contributed by atoms with E-state index in [9.17, 15) is 13.2 Å². The molecule has 1 amide bonds. The summed E-state index contributed by atoms with van der Waals surface area (Å²) in [6.07, 6.45) is 3.61. The summed E-state index contributed by atoms with van der Waals surface area (Å²) in [5.74, 6) is 0.425. The van der Waals surface area contributed by atoms with E-state index in [1.54, 1.807) is 48.7 Å². The third-order valence-corrected chi connectivity index (χ3v) is 7.36. The Kier molecular flexibility index (Phi) is 7.00. The second kappa shape index (κ2) is 10.1. The molecule has 0 radical (unpaired) electrons. The van der Waals surface area contributed by atoms with Crippen LogP contribution >= 0.6 is 11.6 Å². The molecular formula is C25H23ClN4O3S. The SMILES string of the molecule is Cc1nccn1-c1ccc(CNC(=O)CN(c2ccccc2Cl)S(=O)(=O)c2ccccc2)cc1. The zero-order chi connectivity index (χ0) is 24.1. The number of benzene rings is 3. The minimum atomic E-state index is -4.01. The predicted octanol–water partition coefficient (Wildman–Crippen LogP) is 4.35. The molecule has 0 aliphatic heterocycles. The molecule has 0 saturated heterocycles. The van der Waals surface area contributed by atoms with Gasteiger partial charge in [-0.3, -0.25) is 9.10 Å². The number of halogens is 1. The standard InChI is InChI=1S/C25H23ClN4O3S/c1-19-27-15-16-29(19)21-13-11-20(12-14-21)17-28-25(31)18-30(24-10-6-5-9-23(24)26)34(32,33)22-7-3-2-4-8-22/h2-16H,17-18H2,1H3,(H,28,31). The van der Waals surface area contributed by atoms with Crippen molar-refractivity contribution in [2.45, 2.75) is 18.4 Å². The molecule has 0 saturated carbocycles. The molecular weight excluding hydrogens is 472 g/mol. The van der Waals surface area contributed by atoms with Gasteiger partial charge in [0.2, 0.25) is 5.91 Å². The first kappa shape index (κ1) is 23.5. The topological polar surface area (TPSA) is 84.3 Å². The van der Waals surface area contributed by atoms with E-state index in [2.05, 4.69) is 10.3 Å². The Morgan fingerprint density at radius 1 is 1.00 bits per heavy atom. The molecule has 0 fully saturated rings. The van der Waals surface area contributed by atoms with Crippen LogP contribution in [0.1, 0.15) is 11.4 Å². The molecule has 7 nitrogen and oxygen atoms in total. The Bertz CT molecular complexity index is 1390. The van der Waals surface area contributed by atoms with Crippen molar-refractivity contribution in [1.29, 1.82) is 0 Å². The maximum atomic E-state index is 13.4. The Hall–Kier alpha value is -3.62. The molecule has 3 aromatic carbocycles. The molecule has 0 spiro atoms. The van der Waals surface area contributed by atoms with E-state index in [1.165, 1.54) is 12.1 Å². The van der Waals surface area contributed by atoms with Gasteiger partial charge in [0.25, 0.3) is 10.0 Å². The van der Waals surface area contributed by atoms with E-state index >= 15 is 0 Å². The van der Waals surface area contributed by atoms with Crippen LogP contribution in [0, 0.1) is 6.92 Å². The highest BCUT2D eigenvalue weighted by atomic mass is 35.5. The molecule has 0 unspecified atom stereocenters. The fourth-order valence-electron chi connectivity index (χ4n) is 3.49. The average molecular weight is 495 g/mol. The molecule has 9 heteroatoms. The quantitative estimate of drug-likeness (QED) is 0.395. The summed E-state index contributed by atoms with van der Waals surface area (Å²) >= 11 is 6.29. The lowest BCUT2D eigenvalue weighted by Crippen LogP contribution is -2.40. The highest BCUT2D eigenvalue weighted by Gasteiger charge is 2.28. The summed E-state index contributed by atoms with van der Waals surface area (Å²) in [6, 6.07) is 22.2. The molecule has 1 heterocycles. The maximum Gasteiger partial charge on any atom is 0.264 e. The van der Waals surface area contributed by atoms with Crippen molar-refractivity contribution in [3.8, 4) is 5.69 Å². The summed E-state index contributed by atoms with van der Waals surface area (Å²) < 4.78 is 29.7. The Morgan fingerprint density at radius 2 is 1.68 bits per heavy atom. The van der Waals surface area contributed by atoms with Crippen molar-refractivity contribution in [1.82, 2.24) is 14.9 Å². The van der Waals surface area contributed by atoms with Gasteiger partial charge in [0.05, 0.1) is 15.6 Å². The van der Waals surface area contributed by atoms with Crippen molar-refractivity contribution in [2.24, 2.45) is 0 Å². The number of para-hydroxylation sites is 1. The molecule has 174 valence electrons. The number of sulfonamides is 1. The van der Waals surface area contributed by atoms with Gasteiger partial charge in [0.15, 0.2) is 0 Å². The molecule has 0 atom stereocenters. The maximum absolute atomic E-state index is 13.4. The first-order valence-electron chi connectivity index (χ1n) is 10.5. The highest BCUT2D eigenvalue weighted by molar-refractivity contribution is 7.92. The van der Waals surface area contributed by atoms with Gasteiger partial charge in [-0.2, -0.15) is 0 Å². The number of carbonyl (C=O) groups excluding carboxylic acids is 1. The number of carbonyl (C=O) groups is 1. The number of aryl methyl sites for hydroxylation is 1. The van der Waals surface area contributed by atoms with Crippen molar-refractivity contribution >= 4 is 33.2 Å².